The quantitative estimate of drug-likeness (QED) is 0.352. The summed E-state index contributed by atoms with van der Waals surface area (Å²) in [6, 6.07) is 5.44. The van der Waals surface area contributed by atoms with Crippen molar-refractivity contribution in [3.8, 4) is 11.5 Å². The van der Waals surface area contributed by atoms with Crippen LogP contribution in [-0.2, 0) is 11.3 Å². The van der Waals surface area contributed by atoms with Gasteiger partial charge in [0.1, 0.15) is 5.60 Å². The van der Waals surface area contributed by atoms with Crippen LogP contribution in [0.5, 0.6) is 11.5 Å². The number of thioether (sulfide) groups is 1. The second kappa shape index (κ2) is 8.49. The molecule has 12 heteroatoms. The summed E-state index contributed by atoms with van der Waals surface area (Å²) < 4.78 is 15.1. The fraction of sp³-hybridized carbons (Fsp3) is 0.429. The fourth-order valence-corrected chi connectivity index (χ4v) is 5.07. The van der Waals surface area contributed by atoms with Gasteiger partial charge in [-0.15, -0.1) is 0 Å². The fourth-order valence-electron chi connectivity index (χ4n) is 3.46. The van der Waals surface area contributed by atoms with Gasteiger partial charge in [0.15, 0.2) is 22.5 Å². The number of imidazole rings is 1. The highest BCUT2D eigenvalue weighted by atomic mass is 32.2. The molecule has 0 saturated carbocycles. The van der Waals surface area contributed by atoms with E-state index in [0.29, 0.717) is 17.3 Å². The molecule has 2 aliphatic heterocycles. The maximum absolute atomic E-state index is 12.6. The van der Waals surface area contributed by atoms with Gasteiger partial charge in [0.25, 0.3) is 0 Å². The number of rotatable bonds is 4. The van der Waals surface area contributed by atoms with E-state index in [1.54, 1.807) is 23.0 Å². The topological polar surface area (TPSA) is 98.5 Å². The molecule has 2 amide bonds. The Hall–Kier alpha value is -2.86. The third-order valence-electron chi connectivity index (χ3n) is 4.94. The van der Waals surface area contributed by atoms with Crippen molar-refractivity contribution in [3.63, 3.8) is 0 Å². The van der Waals surface area contributed by atoms with Gasteiger partial charge in [0.2, 0.25) is 0 Å². The number of aromatic nitrogens is 2. The number of benzene rings is 1. The zero-order valence-electron chi connectivity index (χ0n) is 19.2. The Labute approximate surface area is 200 Å². The second-order valence-corrected chi connectivity index (χ2v) is 11.5. The van der Waals surface area contributed by atoms with Crippen LogP contribution in [0.1, 0.15) is 33.3 Å². The van der Waals surface area contributed by atoms with Gasteiger partial charge in [-0.3, -0.25) is 9.40 Å². The first kappa shape index (κ1) is 23.3. The molecule has 3 heterocycles. The Morgan fingerprint density at radius 1 is 1.21 bits per heavy atom. The van der Waals surface area contributed by atoms with Gasteiger partial charge < -0.3 is 9.47 Å². The number of ether oxygens (including phenoxy) is 2. The minimum atomic E-state index is -0.743. The zero-order chi connectivity index (χ0) is 24.0. The summed E-state index contributed by atoms with van der Waals surface area (Å²) in [4.78, 5) is 34.4. The predicted molar refractivity (Wildman–Crippen MR) is 125 cm³/mol. The number of carbonyl (C=O) groups excluding carboxylic acids is 2. The summed E-state index contributed by atoms with van der Waals surface area (Å²) in [6.45, 7) is 7.88. The molecule has 0 atom stereocenters. The summed E-state index contributed by atoms with van der Waals surface area (Å²) in [7, 11) is 2.96. The monoisotopic (exact) mass is 491 g/mol. The van der Waals surface area contributed by atoms with Crippen LogP contribution >= 0.6 is 23.9 Å². The molecule has 0 bridgehead atoms. The van der Waals surface area contributed by atoms with E-state index in [4.69, 9.17) is 14.3 Å². The van der Waals surface area contributed by atoms with Crippen LogP contribution in [0.25, 0.3) is 0 Å². The highest BCUT2D eigenvalue weighted by molar-refractivity contribution is 8.01. The standard InChI is InChI=1S/C21H25N5O5S2/c1-20(2)12-13-8-7-9-14(15(13)30-20)29-18(27)24(5)33-25(6)19(28)31-23-16-21(3,4)32-17-22-10-11-26(16)17/h7-11H,12H2,1-6H3. The molecule has 2 aromatic rings. The lowest BCUT2D eigenvalue weighted by molar-refractivity contribution is 0.130. The van der Waals surface area contributed by atoms with E-state index in [9.17, 15) is 9.59 Å². The van der Waals surface area contributed by atoms with Crippen molar-refractivity contribution in [2.45, 2.75) is 49.6 Å². The van der Waals surface area contributed by atoms with Crippen LogP contribution in [-0.4, -0.2) is 60.6 Å². The molecular formula is C21H25N5O5S2. The van der Waals surface area contributed by atoms with Gasteiger partial charge in [-0.1, -0.05) is 29.1 Å². The molecule has 0 spiro atoms. The molecule has 1 aromatic heterocycles. The van der Waals surface area contributed by atoms with Crippen molar-refractivity contribution in [1.29, 1.82) is 0 Å². The van der Waals surface area contributed by atoms with Crippen molar-refractivity contribution in [2.75, 3.05) is 14.1 Å². The van der Waals surface area contributed by atoms with Crippen molar-refractivity contribution >= 4 is 41.9 Å². The van der Waals surface area contributed by atoms with E-state index in [2.05, 4.69) is 10.1 Å². The second-order valence-electron chi connectivity index (χ2n) is 8.69. The van der Waals surface area contributed by atoms with E-state index >= 15 is 0 Å². The van der Waals surface area contributed by atoms with Gasteiger partial charge in [-0.2, -0.15) is 0 Å². The number of fused-ring (bicyclic) bond motifs is 2. The third-order valence-corrected chi connectivity index (χ3v) is 6.91. The summed E-state index contributed by atoms with van der Waals surface area (Å²) in [5.41, 5.74) is 0.621. The van der Waals surface area contributed by atoms with Crippen LogP contribution in [0.3, 0.4) is 0 Å². The average molecular weight is 492 g/mol. The average Bonchev–Trinajstić information content (AvgIpc) is 3.36. The third kappa shape index (κ3) is 4.76. The molecular weight excluding hydrogens is 466 g/mol. The molecule has 2 aliphatic rings. The molecule has 4 rings (SSSR count). The van der Waals surface area contributed by atoms with Crippen LogP contribution in [0.15, 0.2) is 40.9 Å². The molecule has 0 unspecified atom stereocenters. The lowest BCUT2D eigenvalue weighted by Crippen LogP contribution is -2.32. The Morgan fingerprint density at radius 3 is 2.70 bits per heavy atom. The van der Waals surface area contributed by atoms with Crippen molar-refractivity contribution in [1.82, 2.24) is 18.2 Å². The molecule has 0 saturated heterocycles. The summed E-state index contributed by atoms with van der Waals surface area (Å²) in [5, 5.41) is 4.82. The summed E-state index contributed by atoms with van der Waals surface area (Å²) in [5.74, 6) is 1.46. The van der Waals surface area contributed by atoms with E-state index in [1.165, 1.54) is 30.2 Å². The number of oxime groups is 1. The normalized spacial score (nSPS) is 18.3. The van der Waals surface area contributed by atoms with Gasteiger partial charge in [-0.05, 0) is 33.8 Å². The van der Waals surface area contributed by atoms with Gasteiger partial charge >= 0.3 is 12.2 Å². The van der Waals surface area contributed by atoms with E-state index in [1.807, 2.05) is 39.8 Å². The number of nitrogens with zero attached hydrogens (tertiary/aromatic N) is 5. The van der Waals surface area contributed by atoms with Crippen LogP contribution < -0.4 is 9.47 Å². The smallest absolute Gasteiger partial charge is 0.447 e. The molecule has 0 N–H and O–H groups in total. The highest BCUT2D eigenvalue weighted by Crippen LogP contribution is 2.42. The number of amides is 2. The SMILES string of the molecule is CN(SN(C)C(=O)Oc1cccc2c1OC(C)(C)C2)C(=O)ON=C1n2ccnc2SC1(C)C. The number of carbonyl (C=O) groups is 2. The van der Waals surface area contributed by atoms with E-state index < -0.39 is 16.9 Å². The van der Waals surface area contributed by atoms with E-state index in [0.717, 1.165) is 33.6 Å². The first-order valence-electron chi connectivity index (χ1n) is 10.2. The van der Waals surface area contributed by atoms with Gasteiger partial charge in [-0.25, -0.2) is 23.2 Å². The predicted octanol–water partition coefficient (Wildman–Crippen LogP) is 4.40. The van der Waals surface area contributed by atoms with Crippen LogP contribution in [0, 0.1) is 0 Å². The molecule has 0 aliphatic carbocycles. The first-order valence-corrected chi connectivity index (χ1v) is 11.7. The molecule has 0 radical (unpaired) electrons. The summed E-state index contributed by atoms with van der Waals surface area (Å²) >= 11 is 2.34. The molecule has 0 fully saturated rings. The summed E-state index contributed by atoms with van der Waals surface area (Å²) in [6.07, 6.45) is 2.74. The minimum absolute atomic E-state index is 0.337. The van der Waals surface area contributed by atoms with Gasteiger partial charge in [0.05, 0.1) is 16.9 Å². The lowest BCUT2D eigenvalue weighted by Gasteiger charge is -2.22. The Bertz CT molecular complexity index is 1130. The largest absolute Gasteiger partial charge is 0.483 e. The van der Waals surface area contributed by atoms with Crippen LogP contribution in [0.4, 0.5) is 9.59 Å². The number of hydrogen-bond acceptors (Lipinski definition) is 9. The Morgan fingerprint density at radius 2 is 1.94 bits per heavy atom. The Kier molecular flexibility index (Phi) is 5.99. The van der Waals surface area contributed by atoms with E-state index in [-0.39, 0.29) is 5.60 Å². The number of para-hydroxylation sites is 1. The molecule has 176 valence electrons. The first-order chi connectivity index (χ1) is 15.5. The molecule has 10 nitrogen and oxygen atoms in total. The van der Waals surface area contributed by atoms with Crippen molar-refractivity contribution < 1.29 is 23.9 Å². The maximum Gasteiger partial charge on any atom is 0.447 e. The van der Waals surface area contributed by atoms with Crippen molar-refractivity contribution in [2.24, 2.45) is 5.16 Å². The molecule has 33 heavy (non-hydrogen) atoms. The lowest BCUT2D eigenvalue weighted by atomic mass is 10.0. The van der Waals surface area contributed by atoms with Crippen molar-refractivity contribution in [3.05, 3.63) is 36.2 Å². The van der Waals surface area contributed by atoms with Gasteiger partial charge in [0, 0.05) is 38.5 Å². The molecule has 1 aromatic carbocycles. The highest BCUT2D eigenvalue weighted by Gasteiger charge is 2.38. The minimum Gasteiger partial charge on any atom is -0.483 e. The van der Waals surface area contributed by atoms with Crippen LogP contribution in [0.2, 0.25) is 0 Å². The number of hydrogen-bond donors (Lipinski definition) is 0. The maximum atomic E-state index is 12.6. The zero-order valence-corrected chi connectivity index (χ0v) is 20.8. The Balaban J connectivity index is 1.35.